The second-order valence-electron chi connectivity index (χ2n) is 7.93. The number of piperidine rings is 1. The number of aromatic nitrogens is 2. The van der Waals surface area contributed by atoms with Crippen LogP contribution in [-0.2, 0) is 9.59 Å². The molecular formula is C25H24N4O3S. The van der Waals surface area contributed by atoms with Crippen molar-refractivity contribution in [2.24, 2.45) is 0 Å². The van der Waals surface area contributed by atoms with Crippen molar-refractivity contribution in [3.8, 4) is 5.69 Å². The number of likely N-dealkylation sites (tertiary alicyclic amines) is 1. The molecule has 4 aromatic rings. The van der Waals surface area contributed by atoms with Crippen LogP contribution in [0.3, 0.4) is 0 Å². The van der Waals surface area contributed by atoms with Crippen molar-refractivity contribution in [1.29, 1.82) is 0 Å². The summed E-state index contributed by atoms with van der Waals surface area (Å²) in [5.74, 6) is -0.0633. The molecule has 1 aliphatic heterocycles. The van der Waals surface area contributed by atoms with Crippen LogP contribution in [0, 0.1) is 0 Å². The Bertz CT molecular complexity index is 1230. The zero-order valence-electron chi connectivity index (χ0n) is 18.0. The van der Waals surface area contributed by atoms with Gasteiger partial charge in [0.25, 0.3) is 5.22 Å². The fourth-order valence-corrected chi connectivity index (χ4v) is 4.86. The maximum Gasteiger partial charge on any atom is 0.257 e. The van der Waals surface area contributed by atoms with Gasteiger partial charge in [0.05, 0.1) is 17.1 Å². The fourth-order valence-electron chi connectivity index (χ4n) is 4.14. The van der Waals surface area contributed by atoms with E-state index >= 15 is 0 Å². The first-order valence-corrected chi connectivity index (χ1v) is 12.0. The molecule has 1 N–H and O–H groups in total. The Balaban J connectivity index is 1.27. The quantitative estimate of drug-likeness (QED) is 0.421. The van der Waals surface area contributed by atoms with Crippen LogP contribution in [-0.4, -0.2) is 44.6 Å². The SMILES string of the molecule is O=C(Nc1ccccc1-n1cccc1)[C@@H]1CCCCN1C(=O)CSc1nc2ccccc2o1. The van der Waals surface area contributed by atoms with Crippen molar-refractivity contribution in [3.63, 3.8) is 0 Å². The van der Waals surface area contributed by atoms with Gasteiger partial charge in [0, 0.05) is 18.9 Å². The fraction of sp³-hybridized carbons (Fsp3) is 0.240. The van der Waals surface area contributed by atoms with E-state index in [1.807, 2.05) is 77.6 Å². The number of carbonyl (C=O) groups is 2. The summed E-state index contributed by atoms with van der Waals surface area (Å²) in [6.07, 6.45) is 6.33. The molecule has 2 aromatic carbocycles. The van der Waals surface area contributed by atoms with E-state index in [1.165, 1.54) is 11.8 Å². The average molecular weight is 461 g/mol. The molecule has 1 atom stereocenters. The van der Waals surface area contributed by atoms with Crippen LogP contribution in [0.25, 0.3) is 16.8 Å². The Morgan fingerprint density at radius 1 is 1.03 bits per heavy atom. The third-order valence-electron chi connectivity index (χ3n) is 5.76. The second-order valence-corrected chi connectivity index (χ2v) is 8.86. The van der Waals surface area contributed by atoms with E-state index in [4.69, 9.17) is 4.42 Å². The third-order valence-corrected chi connectivity index (χ3v) is 6.58. The van der Waals surface area contributed by atoms with Gasteiger partial charge in [-0.05, 0) is 55.7 Å². The number of para-hydroxylation sites is 4. The van der Waals surface area contributed by atoms with Crippen molar-refractivity contribution < 1.29 is 14.0 Å². The van der Waals surface area contributed by atoms with Crippen LogP contribution in [0.5, 0.6) is 0 Å². The Labute approximate surface area is 195 Å². The number of fused-ring (bicyclic) bond motifs is 1. The summed E-state index contributed by atoms with van der Waals surface area (Å²) >= 11 is 1.26. The Morgan fingerprint density at radius 2 is 1.82 bits per heavy atom. The third kappa shape index (κ3) is 4.66. The maximum absolute atomic E-state index is 13.2. The molecular weight excluding hydrogens is 436 g/mol. The minimum atomic E-state index is -0.492. The van der Waals surface area contributed by atoms with Crippen molar-refractivity contribution in [2.45, 2.75) is 30.5 Å². The molecule has 0 spiro atoms. The van der Waals surface area contributed by atoms with E-state index in [9.17, 15) is 9.59 Å². The van der Waals surface area contributed by atoms with Crippen molar-refractivity contribution in [3.05, 3.63) is 73.1 Å². The van der Waals surface area contributed by atoms with Crippen molar-refractivity contribution in [2.75, 3.05) is 17.6 Å². The molecule has 168 valence electrons. The molecule has 5 rings (SSSR count). The first kappa shape index (κ1) is 21.3. The molecule has 1 saturated heterocycles. The molecule has 7 nitrogen and oxygen atoms in total. The Kier molecular flexibility index (Phi) is 6.17. The number of anilines is 1. The molecule has 2 amide bonds. The lowest BCUT2D eigenvalue weighted by atomic mass is 10.0. The first-order valence-electron chi connectivity index (χ1n) is 11.0. The van der Waals surface area contributed by atoms with Crippen molar-refractivity contribution >= 4 is 40.4 Å². The number of carbonyl (C=O) groups excluding carboxylic acids is 2. The zero-order valence-corrected chi connectivity index (χ0v) is 18.8. The van der Waals surface area contributed by atoms with Gasteiger partial charge in [0.15, 0.2) is 5.58 Å². The summed E-state index contributed by atoms with van der Waals surface area (Å²) in [5, 5.41) is 3.51. The highest BCUT2D eigenvalue weighted by Crippen LogP contribution is 2.26. The summed E-state index contributed by atoms with van der Waals surface area (Å²) in [7, 11) is 0. The highest BCUT2D eigenvalue weighted by Gasteiger charge is 2.32. The summed E-state index contributed by atoms with van der Waals surface area (Å²) in [6, 6.07) is 18.6. The normalized spacial score (nSPS) is 16.1. The summed E-state index contributed by atoms with van der Waals surface area (Å²) in [6.45, 7) is 0.574. The number of thioether (sulfide) groups is 1. The molecule has 2 aromatic heterocycles. The number of nitrogens with one attached hydrogen (secondary N) is 1. The lowest BCUT2D eigenvalue weighted by Crippen LogP contribution is -2.50. The Hall–Kier alpha value is -3.52. The predicted molar refractivity (Wildman–Crippen MR) is 128 cm³/mol. The van der Waals surface area contributed by atoms with Gasteiger partial charge in [-0.15, -0.1) is 0 Å². The van der Waals surface area contributed by atoms with Gasteiger partial charge in [-0.25, -0.2) is 4.98 Å². The number of nitrogens with zero attached hydrogens (tertiary/aromatic N) is 3. The standard InChI is InChI=1S/C25H24N4O3S/c30-23(17-33-25-27-19-10-2-4-13-22(19)32-25)29-16-6-5-12-21(29)24(31)26-18-9-1-3-11-20(18)28-14-7-8-15-28/h1-4,7-11,13-15,21H,5-6,12,16-17H2,(H,26,31)/t21-/m0/s1. The lowest BCUT2D eigenvalue weighted by molar-refractivity contribution is -0.138. The highest BCUT2D eigenvalue weighted by molar-refractivity contribution is 7.99. The van der Waals surface area contributed by atoms with Gasteiger partial charge < -0.3 is 19.2 Å². The lowest BCUT2D eigenvalue weighted by Gasteiger charge is -2.34. The van der Waals surface area contributed by atoms with Crippen LogP contribution >= 0.6 is 11.8 Å². The second kappa shape index (κ2) is 9.54. The monoisotopic (exact) mass is 460 g/mol. The van der Waals surface area contributed by atoms with Crippen LogP contribution in [0.1, 0.15) is 19.3 Å². The largest absolute Gasteiger partial charge is 0.431 e. The number of oxazole rings is 1. The molecule has 8 heteroatoms. The van der Waals surface area contributed by atoms with Gasteiger partial charge in [0.1, 0.15) is 11.6 Å². The van der Waals surface area contributed by atoms with Gasteiger partial charge in [-0.3, -0.25) is 9.59 Å². The van der Waals surface area contributed by atoms with Gasteiger partial charge >= 0.3 is 0 Å². The minimum Gasteiger partial charge on any atom is -0.431 e. The van der Waals surface area contributed by atoms with E-state index in [-0.39, 0.29) is 17.6 Å². The molecule has 33 heavy (non-hydrogen) atoms. The van der Waals surface area contributed by atoms with Crippen LogP contribution < -0.4 is 5.32 Å². The van der Waals surface area contributed by atoms with E-state index in [0.717, 1.165) is 29.7 Å². The smallest absolute Gasteiger partial charge is 0.257 e. The van der Waals surface area contributed by atoms with Crippen LogP contribution in [0.2, 0.25) is 0 Å². The minimum absolute atomic E-state index is 0.0826. The molecule has 1 fully saturated rings. The van der Waals surface area contributed by atoms with Gasteiger partial charge in [-0.1, -0.05) is 36.0 Å². The molecule has 0 saturated carbocycles. The number of rotatable bonds is 6. The van der Waals surface area contributed by atoms with Crippen LogP contribution in [0.15, 0.2) is 82.7 Å². The number of amides is 2. The average Bonchev–Trinajstić information content (AvgIpc) is 3.53. The van der Waals surface area contributed by atoms with Crippen molar-refractivity contribution in [1.82, 2.24) is 14.5 Å². The van der Waals surface area contributed by atoms with E-state index in [0.29, 0.717) is 23.8 Å². The molecule has 3 heterocycles. The molecule has 0 radical (unpaired) electrons. The summed E-state index contributed by atoms with van der Waals surface area (Å²) in [5.41, 5.74) is 3.07. The number of benzene rings is 2. The molecule has 1 aliphatic rings. The molecule has 0 aliphatic carbocycles. The molecule has 0 bridgehead atoms. The highest BCUT2D eigenvalue weighted by atomic mass is 32.2. The topological polar surface area (TPSA) is 80.4 Å². The van der Waals surface area contributed by atoms with Crippen LogP contribution in [0.4, 0.5) is 5.69 Å². The maximum atomic E-state index is 13.2. The number of hydrogen-bond donors (Lipinski definition) is 1. The Morgan fingerprint density at radius 3 is 2.67 bits per heavy atom. The first-order chi connectivity index (χ1) is 16.2. The van der Waals surface area contributed by atoms with E-state index < -0.39 is 6.04 Å². The van der Waals surface area contributed by atoms with E-state index in [1.54, 1.807) is 4.90 Å². The molecule has 0 unspecified atom stereocenters. The predicted octanol–water partition coefficient (Wildman–Crippen LogP) is 4.73. The summed E-state index contributed by atoms with van der Waals surface area (Å²) in [4.78, 5) is 32.4. The van der Waals surface area contributed by atoms with Gasteiger partial charge in [0.2, 0.25) is 11.8 Å². The zero-order chi connectivity index (χ0) is 22.6. The van der Waals surface area contributed by atoms with Gasteiger partial charge in [-0.2, -0.15) is 0 Å². The van der Waals surface area contributed by atoms with E-state index in [2.05, 4.69) is 10.3 Å². The summed E-state index contributed by atoms with van der Waals surface area (Å²) < 4.78 is 7.66. The number of hydrogen-bond acceptors (Lipinski definition) is 5.